The van der Waals surface area contributed by atoms with E-state index in [9.17, 15) is 14.7 Å². The fourth-order valence-corrected chi connectivity index (χ4v) is 413. The molecule has 0 radical (unpaired) electrons. The minimum atomic E-state index is -2.17. The van der Waals surface area contributed by atoms with Gasteiger partial charge in [-0.1, -0.05) is 173 Å². The Kier molecular flexibility index (Phi) is 60.7. The maximum Gasteiger partial charge on any atom is 0.308 e. The van der Waals surface area contributed by atoms with Gasteiger partial charge in [0.2, 0.25) is 0 Å². The molecule has 0 spiro atoms. The molecule has 0 aromatic heterocycles. The summed E-state index contributed by atoms with van der Waals surface area (Å²) in [6.07, 6.45) is 12.0. The Morgan fingerprint density at radius 3 is 1.18 bits per heavy atom. The highest BCUT2D eigenvalue weighted by Crippen LogP contribution is 3.28. The first kappa shape index (κ1) is 121. The smallest absolute Gasteiger partial charge is 0.308 e. The molecule has 3 aromatic carbocycles. The highest BCUT2D eigenvalue weighted by Gasteiger charge is 2.50. The normalized spacial score (nSPS) is 26.2. The van der Waals surface area contributed by atoms with Gasteiger partial charge in [0.15, 0.2) is 29.2 Å². The van der Waals surface area contributed by atoms with E-state index in [4.69, 9.17) is 46.7 Å². The molecule has 2 fully saturated rings. The lowest BCUT2D eigenvalue weighted by atomic mass is 9.89. The van der Waals surface area contributed by atoms with Crippen LogP contribution in [0.3, 0.4) is 0 Å². The van der Waals surface area contributed by atoms with Crippen molar-refractivity contribution in [3.8, 4) is 5.75 Å². The lowest BCUT2D eigenvalue weighted by Crippen LogP contribution is -2.45. The van der Waals surface area contributed by atoms with Crippen molar-refractivity contribution < 1.29 is 61.4 Å². The van der Waals surface area contributed by atoms with E-state index in [1.54, 1.807) is 13.2 Å². The number of carbonyl (C=O) groups is 2. The molecule has 0 saturated carbocycles. The number of rotatable bonds is 28. The molecule has 22 unspecified atom stereocenters. The van der Waals surface area contributed by atoms with Gasteiger partial charge in [-0.2, -0.15) is 0 Å². The predicted octanol–water partition coefficient (Wildman–Crippen LogP) is 34.9. The molecule has 4 aliphatic heterocycles. The van der Waals surface area contributed by atoms with Crippen molar-refractivity contribution in [1.82, 2.24) is 0 Å². The zero-order chi connectivity index (χ0) is 89.3. The number of aliphatic hydroxyl groups is 1. The lowest BCUT2D eigenvalue weighted by molar-refractivity contribution is -0.152. The zero-order valence-electron chi connectivity index (χ0n) is 71.2. The average molecular weight is 2310 g/mol. The van der Waals surface area contributed by atoms with Crippen LogP contribution in [0.4, 0.5) is 0 Å². The monoisotopic (exact) mass is 2300 g/mol. The molecule has 50 heteroatoms. The van der Waals surface area contributed by atoms with Gasteiger partial charge in [0, 0.05) is 23.0 Å². The van der Waals surface area contributed by atoms with Crippen LogP contribution in [0.5, 0.6) is 5.75 Å². The summed E-state index contributed by atoms with van der Waals surface area (Å²) in [6, 6.07) is 27.9. The third-order valence-electron chi connectivity index (χ3n) is 20.4. The van der Waals surface area contributed by atoms with Crippen LogP contribution in [0.15, 0.2) is 133 Å². The van der Waals surface area contributed by atoms with Crippen LogP contribution in [0.2, 0.25) is 36.3 Å². The number of methoxy groups -OCH3 is 1. The van der Waals surface area contributed by atoms with Crippen molar-refractivity contribution in [2.24, 2.45) is 11.8 Å². The van der Waals surface area contributed by atoms with Crippen LogP contribution in [-0.4, -0.2) is 102 Å². The number of carbonyl (C=O) groups excluding carboxylic acids is 2. The fraction of sp³-hybridized carbons (Fsp3) is 0.588. The van der Waals surface area contributed by atoms with Crippen LogP contribution in [0.1, 0.15) is 151 Å². The van der Waals surface area contributed by atoms with E-state index in [1.807, 2.05) is 124 Å². The van der Waals surface area contributed by atoms with Crippen LogP contribution >= 0.6 is 282 Å². The van der Waals surface area contributed by atoms with E-state index >= 15 is 0 Å². The Morgan fingerprint density at radius 2 is 0.864 bits per heavy atom. The summed E-state index contributed by atoms with van der Waals surface area (Å²) in [7, 11) is 57.6. The van der Waals surface area contributed by atoms with Gasteiger partial charge in [-0.05, 0) is 223 Å². The minimum absolute atomic E-state index is 0.00331. The molecule has 13 nitrogen and oxygen atoms in total. The highest BCUT2D eigenvalue weighted by molar-refractivity contribution is 9.34. The number of benzene rings is 3. The number of fused-ring (bicyclic) bond motifs is 2. The predicted molar refractivity (Wildman–Crippen MR) is 629 cm³/mol. The summed E-state index contributed by atoms with van der Waals surface area (Å²) in [6.45, 7) is 36.7. The van der Waals surface area contributed by atoms with Gasteiger partial charge < -0.3 is 51.9 Å². The van der Waals surface area contributed by atoms with Crippen molar-refractivity contribution in [2.45, 2.75) is 225 Å². The zero-order valence-corrected chi connectivity index (χ0v) is 110. The standard InChI is InChI=1S/C38H54O7Si.C30H46O6Si.H20P18.H19P17/c1-27-15-20-33-38(6,44-36(42-33)30-13-11-10-12-14-30)23-21-32(45-46(8,9)37(3,4)5)25-34(39)43-35(27)28(2)22-24-41-26-29-16-18-31(40-7)19-17-29;1-21-14-15-25-30(6,35-28(33-25)23-12-10-9-11-13-23)18-16-24(36-37(7,8)29(3,4)5)20-26(32)34-27(21)22(2)17-19-31;1-11(2)16(12(3)4)18(15(9)10)17(13(5)6)14(7)8;1-10-15(11(2)3)17(14(8)9)16(12(4)5)13(6)7/h10-20,22,27,32-33,35-36H,21,23-26H2,1-9H3;9-15,17,21,24-25,27-28,31H,16,18-20H2,1-8H3;1-10H2;10H,1-9H2/b20-15+,28-22+;15-14+,22-17+;;/t27-,32+,33-,35-,36-,38+;21-,24+,25-,27-,28-,30+;;/m00../s1. The van der Waals surface area contributed by atoms with Gasteiger partial charge in [0.05, 0.1) is 63.2 Å². The van der Waals surface area contributed by atoms with Crippen molar-refractivity contribution >= 4 is 311 Å². The van der Waals surface area contributed by atoms with Gasteiger partial charge in [0.1, 0.15) is 30.2 Å². The van der Waals surface area contributed by atoms with Crippen LogP contribution in [0.25, 0.3) is 0 Å². The first-order chi connectivity index (χ1) is 54.8. The number of hydrogen-bond acceptors (Lipinski definition) is 13. The molecule has 672 valence electrons. The second-order valence-corrected chi connectivity index (χ2v) is 176. The summed E-state index contributed by atoms with van der Waals surface area (Å²) in [5, 5.41) is 9.50. The van der Waals surface area contributed by atoms with E-state index in [0.717, 1.165) is 41.5 Å². The van der Waals surface area contributed by atoms with Crippen molar-refractivity contribution in [3.05, 3.63) is 149 Å². The number of aliphatic hydroxyl groups excluding tert-OH is 1. The van der Waals surface area contributed by atoms with E-state index in [0.29, 0.717) is 38.9 Å². The third kappa shape index (κ3) is 40.3. The van der Waals surface area contributed by atoms with Crippen molar-refractivity contribution in [2.75, 3.05) is 20.3 Å². The number of esters is 2. The van der Waals surface area contributed by atoms with Crippen LogP contribution in [0, 0.1) is 11.8 Å². The maximum absolute atomic E-state index is 13.6. The molecule has 34 atom stereocenters. The molecule has 0 aliphatic carbocycles. The second kappa shape index (κ2) is 59.3. The summed E-state index contributed by atoms with van der Waals surface area (Å²) in [5.41, 5.74) is 3.61. The number of hydrogen-bond donors (Lipinski definition) is 1. The Morgan fingerprint density at radius 1 is 0.517 bits per heavy atom. The molecule has 1 N–H and O–H groups in total. The minimum Gasteiger partial charge on any atom is -0.497 e. The number of ether oxygens (including phenoxy) is 8. The Hall–Kier alpha value is 10.5. The number of cyclic esters (lactones) is 2. The van der Waals surface area contributed by atoms with Crippen LogP contribution < -0.4 is 4.74 Å². The highest BCUT2D eigenvalue weighted by atomic mass is 33.4. The molecule has 3 aromatic rings. The molecule has 0 amide bonds. The molecule has 4 heterocycles. The second-order valence-electron chi connectivity index (χ2n) is 31.9. The maximum atomic E-state index is 13.6. The topological polar surface area (TPSA) is 147 Å². The van der Waals surface area contributed by atoms with Gasteiger partial charge >= 0.3 is 11.9 Å². The first-order valence-electron chi connectivity index (χ1n) is 37.7. The first-order valence-corrected chi connectivity index (χ1v) is 106. The van der Waals surface area contributed by atoms with Crippen LogP contribution in [-0.2, 0) is 58.2 Å². The van der Waals surface area contributed by atoms with E-state index in [1.165, 1.54) is 0 Å². The van der Waals surface area contributed by atoms with Crippen molar-refractivity contribution in [3.63, 3.8) is 0 Å². The largest absolute Gasteiger partial charge is 0.497 e. The molecule has 118 heavy (non-hydrogen) atoms. The average Bonchev–Trinajstić information content (AvgIpc) is 1.62. The van der Waals surface area contributed by atoms with Gasteiger partial charge in [-0.3, -0.25) is 9.59 Å². The fourth-order valence-electron chi connectivity index (χ4n) is 12.0. The Bertz CT molecular complexity index is 3540. The van der Waals surface area contributed by atoms with E-state index in [2.05, 4.69) is 270 Å². The Labute approximate surface area is 777 Å². The van der Waals surface area contributed by atoms with E-state index in [-0.39, 0.29) is 183 Å². The Balaban J connectivity index is 0.000000361. The molecular weight excluding hydrogens is 2160 g/mol. The summed E-state index contributed by atoms with van der Waals surface area (Å²) < 4.78 is 63.3. The quantitative estimate of drug-likeness (QED) is 0.0242. The molecule has 4 aliphatic rings. The molecule has 2 saturated heterocycles. The molecular formula is C68H139O13P35Si2. The lowest BCUT2D eigenvalue weighted by Gasteiger charge is -2.43. The SMILES string of the molecule is C/C(=C\CO)[C@H]1OC(=O)C[C@H](O[Si](C)(C)C(C)(C)C)CC[C@@]2(C)O[C@@H](c3ccccc3)O[C@H]2/C=C/[C@@H]1C.COc1ccc(COC/C=C(\C)[C@H]2OC(=O)C[C@H](O[Si](C)(C)C(C)(C)C)CC[C@@]3(C)O[C@@H](c4ccccc4)O[C@H]3/C=C/[C@@H]2C)cc1.PP(P)P(P(P)P)P(P(P)P)P(P(P)P)P(P)P.PPP(P(P)P)P(P(P)P)P(P(P)P)P(P)P. The summed E-state index contributed by atoms with van der Waals surface area (Å²) in [5.74, 6) is 0.0500. The third-order valence-corrected chi connectivity index (χ3v) is 240. The van der Waals surface area contributed by atoms with Gasteiger partial charge in [0.25, 0.3) is 0 Å². The molecule has 7 rings (SSSR count). The van der Waals surface area contributed by atoms with Gasteiger partial charge in [-0.25, -0.2) is 0 Å². The summed E-state index contributed by atoms with van der Waals surface area (Å²) in [4.78, 5) is 26.8. The van der Waals surface area contributed by atoms with Gasteiger partial charge in [-0.15, -0.1) is 170 Å². The van der Waals surface area contributed by atoms with E-state index < -0.39 is 52.6 Å². The molecule has 0 bridgehead atoms. The van der Waals surface area contributed by atoms with Crippen molar-refractivity contribution in [1.29, 1.82) is 0 Å². The summed E-state index contributed by atoms with van der Waals surface area (Å²) >= 11 is 0.